The summed E-state index contributed by atoms with van der Waals surface area (Å²) >= 11 is 2.18. The molecule has 0 radical (unpaired) electrons. The van der Waals surface area contributed by atoms with Crippen LogP contribution in [0.25, 0.3) is 0 Å². The Morgan fingerprint density at radius 2 is 1.81 bits per heavy atom. The van der Waals surface area contributed by atoms with Crippen molar-refractivity contribution in [3.05, 3.63) is 27.8 Å². The van der Waals surface area contributed by atoms with Crippen LogP contribution in [0.3, 0.4) is 0 Å². The molecule has 1 aromatic rings. The zero-order valence-corrected chi connectivity index (χ0v) is 14.0. The molecule has 1 aromatic carbocycles. The minimum absolute atomic E-state index is 0.136. The highest BCUT2D eigenvalue weighted by molar-refractivity contribution is 14.1. The van der Waals surface area contributed by atoms with Gasteiger partial charge >= 0.3 is 12.1 Å². The van der Waals surface area contributed by atoms with Crippen molar-refractivity contribution in [1.82, 2.24) is 9.80 Å². The molecule has 114 valence electrons. The molecular weight excluding hydrogens is 385 g/mol. The second-order valence-corrected chi connectivity index (χ2v) is 5.75. The number of hydrogen-bond donors (Lipinski definition) is 1. The summed E-state index contributed by atoms with van der Waals surface area (Å²) in [7, 11) is 0. The van der Waals surface area contributed by atoms with Crippen LogP contribution in [-0.2, 0) is 4.74 Å². The van der Waals surface area contributed by atoms with Crippen molar-refractivity contribution in [3.63, 3.8) is 0 Å². The van der Waals surface area contributed by atoms with Crippen LogP contribution in [0.1, 0.15) is 6.92 Å². The molecule has 1 fully saturated rings. The number of nitrogens with one attached hydrogen (secondary N) is 1. The molecule has 3 amide bonds. The smallest absolute Gasteiger partial charge is 0.409 e. The Morgan fingerprint density at radius 1 is 1.19 bits per heavy atom. The molecular formula is C14H18IN3O3. The molecule has 0 aromatic heterocycles. The lowest BCUT2D eigenvalue weighted by Crippen LogP contribution is -2.51. The molecule has 0 aliphatic carbocycles. The maximum Gasteiger partial charge on any atom is 0.409 e. The SMILES string of the molecule is CCOC(=O)N1CCN(C(=O)Nc2ccccc2I)CC1. The van der Waals surface area contributed by atoms with Crippen LogP contribution in [-0.4, -0.2) is 54.7 Å². The normalized spacial score (nSPS) is 14.8. The monoisotopic (exact) mass is 403 g/mol. The molecule has 1 aliphatic rings. The lowest BCUT2D eigenvalue weighted by atomic mass is 10.3. The maximum atomic E-state index is 12.2. The van der Waals surface area contributed by atoms with Gasteiger partial charge in [-0.2, -0.15) is 0 Å². The summed E-state index contributed by atoms with van der Waals surface area (Å²) in [6.07, 6.45) is -0.310. The third kappa shape index (κ3) is 4.23. The summed E-state index contributed by atoms with van der Waals surface area (Å²) < 4.78 is 5.95. The first-order valence-electron chi connectivity index (χ1n) is 6.84. The molecule has 0 spiro atoms. The number of benzene rings is 1. The molecule has 21 heavy (non-hydrogen) atoms. The van der Waals surface area contributed by atoms with Gasteiger partial charge in [-0.05, 0) is 41.6 Å². The van der Waals surface area contributed by atoms with Gasteiger partial charge in [-0.1, -0.05) is 12.1 Å². The molecule has 0 unspecified atom stereocenters. The van der Waals surface area contributed by atoms with Crippen molar-refractivity contribution >= 4 is 40.4 Å². The highest BCUT2D eigenvalue weighted by atomic mass is 127. The number of carbonyl (C=O) groups is 2. The fourth-order valence-corrected chi connectivity index (χ4v) is 2.59. The summed E-state index contributed by atoms with van der Waals surface area (Å²) in [5, 5.41) is 2.89. The van der Waals surface area contributed by atoms with E-state index >= 15 is 0 Å². The van der Waals surface area contributed by atoms with Gasteiger partial charge < -0.3 is 19.9 Å². The third-order valence-electron chi connectivity index (χ3n) is 3.21. The Balaban J connectivity index is 1.86. The maximum absolute atomic E-state index is 12.2. The number of piperazine rings is 1. The number of urea groups is 1. The summed E-state index contributed by atoms with van der Waals surface area (Å²) in [5.74, 6) is 0. The number of ether oxygens (including phenoxy) is 1. The van der Waals surface area contributed by atoms with Crippen LogP contribution in [0.15, 0.2) is 24.3 Å². The summed E-state index contributed by atoms with van der Waals surface area (Å²) in [4.78, 5) is 27.1. The molecule has 0 atom stereocenters. The predicted octanol–water partition coefficient (Wildman–Crippen LogP) is 2.60. The van der Waals surface area contributed by atoms with Gasteiger partial charge in [0, 0.05) is 29.7 Å². The molecule has 1 heterocycles. The van der Waals surface area contributed by atoms with Crippen molar-refractivity contribution in [2.24, 2.45) is 0 Å². The minimum atomic E-state index is -0.310. The fraction of sp³-hybridized carbons (Fsp3) is 0.429. The van der Waals surface area contributed by atoms with Gasteiger partial charge in [0.2, 0.25) is 0 Å². The first-order chi connectivity index (χ1) is 10.1. The quantitative estimate of drug-likeness (QED) is 0.773. The molecule has 1 saturated heterocycles. The zero-order chi connectivity index (χ0) is 15.2. The van der Waals surface area contributed by atoms with Crippen molar-refractivity contribution in [2.75, 3.05) is 38.1 Å². The molecule has 6 nitrogen and oxygen atoms in total. The number of anilines is 1. The number of halogens is 1. The number of rotatable bonds is 2. The van der Waals surface area contributed by atoms with Gasteiger partial charge in [0.25, 0.3) is 0 Å². The number of nitrogens with zero attached hydrogens (tertiary/aromatic N) is 2. The van der Waals surface area contributed by atoms with E-state index in [9.17, 15) is 9.59 Å². The second-order valence-electron chi connectivity index (χ2n) is 4.58. The molecule has 7 heteroatoms. The average Bonchev–Trinajstić information content (AvgIpc) is 2.50. The fourth-order valence-electron chi connectivity index (χ4n) is 2.06. The largest absolute Gasteiger partial charge is 0.450 e. The molecule has 1 N–H and O–H groups in total. The standard InChI is InChI=1S/C14H18IN3O3/c1-2-21-14(20)18-9-7-17(8-10-18)13(19)16-12-6-4-3-5-11(12)15/h3-6H,2,7-10H2,1H3,(H,16,19). The topological polar surface area (TPSA) is 61.9 Å². The Hall–Kier alpha value is -1.51. The Kier molecular flexibility index (Phi) is 5.66. The third-order valence-corrected chi connectivity index (χ3v) is 4.15. The molecule has 1 aliphatic heterocycles. The van der Waals surface area contributed by atoms with Crippen LogP contribution < -0.4 is 5.32 Å². The highest BCUT2D eigenvalue weighted by Crippen LogP contribution is 2.17. The predicted molar refractivity (Wildman–Crippen MR) is 88.3 cm³/mol. The van der Waals surface area contributed by atoms with Crippen LogP contribution in [0.4, 0.5) is 15.3 Å². The van der Waals surface area contributed by atoms with Gasteiger partial charge in [0.05, 0.1) is 12.3 Å². The first-order valence-corrected chi connectivity index (χ1v) is 7.92. The lowest BCUT2D eigenvalue weighted by Gasteiger charge is -2.34. The van der Waals surface area contributed by atoms with E-state index < -0.39 is 0 Å². The van der Waals surface area contributed by atoms with E-state index in [1.54, 1.807) is 16.7 Å². The van der Waals surface area contributed by atoms with Crippen molar-refractivity contribution in [2.45, 2.75) is 6.92 Å². The average molecular weight is 403 g/mol. The Labute approximate surface area is 137 Å². The first kappa shape index (κ1) is 15.9. The van der Waals surface area contributed by atoms with E-state index in [4.69, 9.17) is 4.74 Å². The number of carbonyl (C=O) groups excluding carboxylic acids is 2. The van der Waals surface area contributed by atoms with Gasteiger partial charge in [-0.3, -0.25) is 0 Å². The molecule has 0 saturated carbocycles. The van der Waals surface area contributed by atoms with Crippen LogP contribution in [0.2, 0.25) is 0 Å². The van der Waals surface area contributed by atoms with Crippen LogP contribution in [0, 0.1) is 3.57 Å². The lowest BCUT2D eigenvalue weighted by molar-refractivity contribution is 0.0868. The van der Waals surface area contributed by atoms with Gasteiger partial charge in [-0.25, -0.2) is 9.59 Å². The van der Waals surface area contributed by atoms with Crippen molar-refractivity contribution < 1.29 is 14.3 Å². The van der Waals surface area contributed by atoms with Crippen molar-refractivity contribution in [1.29, 1.82) is 0 Å². The Morgan fingerprint density at radius 3 is 2.43 bits per heavy atom. The van der Waals surface area contributed by atoms with E-state index in [1.807, 2.05) is 24.3 Å². The Bertz CT molecular complexity index is 516. The van der Waals surface area contributed by atoms with E-state index in [1.165, 1.54) is 0 Å². The van der Waals surface area contributed by atoms with E-state index in [0.29, 0.717) is 32.8 Å². The van der Waals surface area contributed by atoms with Gasteiger partial charge in [0.15, 0.2) is 0 Å². The van der Waals surface area contributed by atoms with E-state index in [-0.39, 0.29) is 12.1 Å². The van der Waals surface area contributed by atoms with E-state index in [0.717, 1.165) is 9.26 Å². The minimum Gasteiger partial charge on any atom is -0.450 e. The van der Waals surface area contributed by atoms with Gasteiger partial charge in [-0.15, -0.1) is 0 Å². The van der Waals surface area contributed by atoms with Crippen molar-refractivity contribution in [3.8, 4) is 0 Å². The number of para-hydroxylation sites is 1. The number of amides is 3. The number of hydrogen-bond acceptors (Lipinski definition) is 3. The van der Waals surface area contributed by atoms with E-state index in [2.05, 4.69) is 27.9 Å². The summed E-state index contributed by atoms with van der Waals surface area (Å²) in [6.45, 7) is 4.16. The van der Waals surface area contributed by atoms with Crippen LogP contribution in [0.5, 0.6) is 0 Å². The van der Waals surface area contributed by atoms with Gasteiger partial charge in [0.1, 0.15) is 0 Å². The molecule has 2 rings (SSSR count). The van der Waals surface area contributed by atoms with Crippen LogP contribution >= 0.6 is 22.6 Å². The summed E-state index contributed by atoms with van der Waals surface area (Å²) in [5.41, 5.74) is 0.802. The second kappa shape index (κ2) is 7.48. The highest BCUT2D eigenvalue weighted by Gasteiger charge is 2.24. The zero-order valence-electron chi connectivity index (χ0n) is 11.8. The summed E-state index contributed by atoms with van der Waals surface area (Å²) in [6, 6.07) is 7.48. The molecule has 0 bridgehead atoms.